The number of esters is 2. The molecule has 0 radical (unpaired) electrons. The molecule has 2 atom stereocenters. The standard InChI is InChI=1S/C60H107NO8/c1-6-8-10-12-14-16-18-20-22-24-26-27-28-29-30-31-33-34-36-38-40-42-44-46-48-50-57(62)67-54-56(55-68-60(59(64)65)66-53-52-61(3,4)5)69-58(63)51-49-47-45-43-41-39-37-35-32-25-23-21-19-17-15-13-11-9-7-2/h9,11,15,17,21,23,32,35,39,41,56,60H,6-8,10,12-14,16,18-20,22,24-31,33-34,36-38,40,42-55H2,1-5H3/p+1/b11-9-,17-15-,23-21-,35-32-,41-39-. The highest BCUT2D eigenvalue weighted by Crippen LogP contribution is 2.17. The van der Waals surface area contributed by atoms with Crippen molar-refractivity contribution in [3.8, 4) is 0 Å². The molecule has 0 aliphatic carbocycles. The molecular formula is C60H108NO8+. The summed E-state index contributed by atoms with van der Waals surface area (Å²) >= 11 is 0. The van der Waals surface area contributed by atoms with Crippen LogP contribution in [-0.2, 0) is 33.3 Å². The van der Waals surface area contributed by atoms with Crippen LogP contribution in [-0.4, -0.2) is 87.4 Å². The number of hydrogen-bond acceptors (Lipinski definition) is 7. The predicted octanol–water partition coefficient (Wildman–Crippen LogP) is 16.5. The molecule has 0 saturated carbocycles. The van der Waals surface area contributed by atoms with Crippen molar-refractivity contribution < 1.29 is 42.9 Å². The summed E-state index contributed by atoms with van der Waals surface area (Å²) in [4.78, 5) is 37.4. The van der Waals surface area contributed by atoms with Gasteiger partial charge in [-0.3, -0.25) is 9.59 Å². The van der Waals surface area contributed by atoms with Crippen molar-refractivity contribution in [3.63, 3.8) is 0 Å². The first-order valence-corrected chi connectivity index (χ1v) is 28.5. The fourth-order valence-corrected chi connectivity index (χ4v) is 7.92. The Morgan fingerprint density at radius 1 is 0.449 bits per heavy atom. The van der Waals surface area contributed by atoms with E-state index in [9.17, 15) is 19.5 Å². The van der Waals surface area contributed by atoms with Gasteiger partial charge in [0, 0.05) is 12.8 Å². The van der Waals surface area contributed by atoms with Gasteiger partial charge in [0.2, 0.25) is 0 Å². The van der Waals surface area contributed by atoms with Gasteiger partial charge in [-0.15, -0.1) is 0 Å². The number of aliphatic carboxylic acids is 1. The van der Waals surface area contributed by atoms with E-state index in [0.717, 1.165) is 70.6 Å². The third-order valence-corrected chi connectivity index (χ3v) is 12.3. The Kier molecular flexibility index (Phi) is 49.1. The number of hydrogen-bond donors (Lipinski definition) is 1. The van der Waals surface area contributed by atoms with Crippen LogP contribution >= 0.6 is 0 Å². The van der Waals surface area contributed by atoms with Crippen LogP contribution in [0.3, 0.4) is 0 Å². The number of carboxylic acids is 1. The van der Waals surface area contributed by atoms with E-state index in [1.807, 2.05) is 21.1 Å². The first-order chi connectivity index (χ1) is 33.6. The topological polar surface area (TPSA) is 108 Å². The normalized spacial score (nSPS) is 13.2. The molecule has 0 saturated heterocycles. The number of unbranched alkanes of at least 4 members (excludes halogenated alkanes) is 27. The number of quaternary nitrogens is 1. The highest BCUT2D eigenvalue weighted by Gasteiger charge is 2.25. The average Bonchev–Trinajstić information content (AvgIpc) is 3.31. The number of ether oxygens (including phenoxy) is 4. The van der Waals surface area contributed by atoms with Crippen LogP contribution in [0.5, 0.6) is 0 Å². The van der Waals surface area contributed by atoms with E-state index < -0.39 is 24.3 Å². The van der Waals surface area contributed by atoms with Gasteiger partial charge in [0.05, 0.1) is 34.4 Å². The zero-order valence-electron chi connectivity index (χ0n) is 45.5. The molecule has 9 heteroatoms. The summed E-state index contributed by atoms with van der Waals surface area (Å²) in [5.41, 5.74) is 0. The van der Waals surface area contributed by atoms with Gasteiger partial charge in [-0.1, -0.05) is 235 Å². The maximum atomic E-state index is 12.8. The maximum Gasteiger partial charge on any atom is 0.361 e. The largest absolute Gasteiger partial charge is 0.477 e. The van der Waals surface area contributed by atoms with Crippen LogP contribution in [0.25, 0.3) is 0 Å². The van der Waals surface area contributed by atoms with Crippen molar-refractivity contribution in [2.45, 2.75) is 257 Å². The minimum absolute atomic E-state index is 0.180. The molecule has 1 N–H and O–H groups in total. The Hall–Kier alpha value is -3.01. The van der Waals surface area contributed by atoms with Crippen molar-refractivity contribution in [2.75, 3.05) is 47.5 Å². The van der Waals surface area contributed by atoms with Crippen molar-refractivity contribution in [2.24, 2.45) is 0 Å². The van der Waals surface area contributed by atoms with Gasteiger partial charge in [-0.05, 0) is 57.8 Å². The molecule has 0 fully saturated rings. The Labute approximate surface area is 425 Å². The zero-order chi connectivity index (χ0) is 50.6. The third-order valence-electron chi connectivity index (χ3n) is 12.3. The number of allylic oxidation sites excluding steroid dienone is 10. The highest BCUT2D eigenvalue weighted by molar-refractivity contribution is 5.71. The smallest absolute Gasteiger partial charge is 0.361 e. The monoisotopic (exact) mass is 971 g/mol. The molecule has 0 aliphatic rings. The lowest BCUT2D eigenvalue weighted by Gasteiger charge is -2.25. The number of rotatable bonds is 52. The second-order valence-corrected chi connectivity index (χ2v) is 20.2. The third kappa shape index (κ3) is 52.6. The van der Waals surface area contributed by atoms with Crippen molar-refractivity contribution in [1.29, 1.82) is 0 Å². The van der Waals surface area contributed by atoms with E-state index in [1.165, 1.54) is 141 Å². The Bertz CT molecular complexity index is 1310. The maximum absolute atomic E-state index is 12.8. The molecule has 0 bridgehead atoms. The fraction of sp³-hybridized carbons (Fsp3) is 0.783. The van der Waals surface area contributed by atoms with E-state index >= 15 is 0 Å². The lowest BCUT2D eigenvalue weighted by atomic mass is 10.0. The van der Waals surface area contributed by atoms with E-state index in [0.29, 0.717) is 23.9 Å². The first kappa shape index (κ1) is 66.0. The molecule has 0 aromatic heterocycles. The highest BCUT2D eigenvalue weighted by atomic mass is 16.7. The summed E-state index contributed by atoms with van der Waals surface area (Å²) in [5, 5.41) is 9.69. The summed E-state index contributed by atoms with van der Waals surface area (Å²) in [6.45, 7) is 4.75. The van der Waals surface area contributed by atoms with Gasteiger partial charge >= 0.3 is 17.9 Å². The number of likely N-dealkylation sites (N-methyl/N-ethyl adjacent to an activating group) is 1. The van der Waals surface area contributed by atoms with Crippen LogP contribution in [0.15, 0.2) is 60.8 Å². The van der Waals surface area contributed by atoms with Gasteiger partial charge in [-0.2, -0.15) is 0 Å². The molecule has 69 heavy (non-hydrogen) atoms. The molecule has 0 aromatic rings. The van der Waals surface area contributed by atoms with Crippen molar-refractivity contribution >= 4 is 17.9 Å². The van der Waals surface area contributed by atoms with Gasteiger partial charge in [0.15, 0.2) is 6.10 Å². The summed E-state index contributed by atoms with van der Waals surface area (Å²) in [5.74, 6) is -2.04. The van der Waals surface area contributed by atoms with Gasteiger partial charge in [0.25, 0.3) is 6.29 Å². The van der Waals surface area contributed by atoms with Crippen LogP contribution in [0.1, 0.15) is 245 Å². The minimum Gasteiger partial charge on any atom is -0.477 e. The SMILES string of the molecule is CC/C=C\C/C=C\C/C=C\C/C=C\C/C=C\CCCCCC(=O)OC(COC(=O)CCCCCCCCCCCCCCCCCCCCCCCCCCC)COC(OCC[N+](C)(C)C)C(=O)O. The van der Waals surface area contributed by atoms with E-state index in [-0.39, 0.29) is 32.2 Å². The second kappa shape index (κ2) is 51.3. The Balaban J connectivity index is 4.26. The minimum atomic E-state index is -1.52. The van der Waals surface area contributed by atoms with Gasteiger partial charge < -0.3 is 28.5 Å². The van der Waals surface area contributed by atoms with Crippen LogP contribution in [0.4, 0.5) is 0 Å². The van der Waals surface area contributed by atoms with E-state index in [1.54, 1.807) is 0 Å². The molecule has 0 heterocycles. The zero-order valence-corrected chi connectivity index (χ0v) is 45.5. The van der Waals surface area contributed by atoms with E-state index in [4.69, 9.17) is 18.9 Å². The fourth-order valence-electron chi connectivity index (χ4n) is 7.92. The predicted molar refractivity (Wildman–Crippen MR) is 290 cm³/mol. The number of carbonyl (C=O) groups is 3. The molecule has 9 nitrogen and oxygen atoms in total. The van der Waals surface area contributed by atoms with Gasteiger partial charge in [0.1, 0.15) is 13.2 Å². The number of carboxylic acid groups (broad SMARTS) is 1. The van der Waals surface area contributed by atoms with E-state index in [2.05, 4.69) is 74.6 Å². The molecular weight excluding hydrogens is 863 g/mol. The quantitative estimate of drug-likeness (QED) is 0.0211. The Morgan fingerprint density at radius 2 is 0.826 bits per heavy atom. The lowest BCUT2D eigenvalue weighted by molar-refractivity contribution is -0.870. The summed E-state index contributed by atoms with van der Waals surface area (Å²) < 4.78 is 22.8. The molecule has 0 aliphatic heterocycles. The molecule has 0 rings (SSSR count). The van der Waals surface area contributed by atoms with Crippen LogP contribution in [0.2, 0.25) is 0 Å². The summed E-state index contributed by atoms with van der Waals surface area (Å²) in [6.07, 6.45) is 61.6. The number of nitrogens with zero attached hydrogens (tertiary/aromatic N) is 1. The van der Waals surface area contributed by atoms with Crippen LogP contribution in [0, 0.1) is 0 Å². The molecule has 2 unspecified atom stereocenters. The molecule has 0 amide bonds. The molecule has 0 spiro atoms. The molecule has 400 valence electrons. The summed E-state index contributed by atoms with van der Waals surface area (Å²) in [7, 11) is 5.95. The van der Waals surface area contributed by atoms with Crippen molar-refractivity contribution in [1.82, 2.24) is 0 Å². The average molecular weight is 972 g/mol. The molecule has 0 aromatic carbocycles. The van der Waals surface area contributed by atoms with Gasteiger partial charge in [-0.25, -0.2) is 4.79 Å². The van der Waals surface area contributed by atoms with Crippen LogP contribution < -0.4 is 0 Å². The van der Waals surface area contributed by atoms with Crippen molar-refractivity contribution in [3.05, 3.63) is 60.8 Å². The Morgan fingerprint density at radius 3 is 1.23 bits per heavy atom. The number of carbonyl (C=O) groups excluding carboxylic acids is 2. The first-order valence-electron chi connectivity index (χ1n) is 28.5. The second-order valence-electron chi connectivity index (χ2n) is 20.2. The summed E-state index contributed by atoms with van der Waals surface area (Å²) in [6, 6.07) is 0. The lowest BCUT2D eigenvalue weighted by Crippen LogP contribution is -2.40.